The van der Waals surface area contributed by atoms with E-state index < -0.39 is 0 Å². The molecule has 2 saturated carbocycles. The number of nitrogens with zero attached hydrogens (tertiary/aromatic N) is 3. The molecule has 6 heteroatoms. The van der Waals surface area contributed by atoms with Crippen LogP contribution in [0.25, 0.3) is 0 Å². The van der Waals surface area contributed by atoms with Crippen LogP contribution in [-0.4, -0.2) is 40.0 Å². The fraction of sp³-hybridized carbons (Fsp3) is 0.800. The molecule has 21 heavy (non-hydrogen) atoms. The van der Waals surface area contributed by atoms with Crippen LogP contribution >= 0.6 is 0 Å². The molecule has 3 aliphatic rings. The number of rotatable bonds is 5. The number of carbonyl (C=O) groups is 1. The number of amides is 1. The van der Waals surface area contributed by atoms with E-state index in [0.717, 1.165) is 25.9 Å². The first-order valence-corrected chi connectivity index (χ1v) is 8.24. The molecule has 0 atom stereocenters. The quantitative estimate of drug-likeness (QED) is 0.852. The van der Waals surface area contributed by atoms with Crippen LogP contribution in [0.4, 0.5) is 0 Å². The van der Waals surface area contributed by atoms with E-state index in [0.29, 0.717) is 29.6 Å². The molecule has 114 valence electrons. The van der Waals surface area contributed by atoms with Gasteiger partial charge in [-0.2, -0.15) is 0 Å². The molecule has 0 bridgehead atoms. The van der Waals surface area contributed by atoms with E-state index in [-0.39, 0.29) is 5.91 Å². The van der Waals surface area contributed by atoms with Crippen LogP contribution in [0.15, 0.2) is 6.20 Å². The Kier molecular flexibility index (Phi) is 3.41. The van der Waals surface area contributed by atoms with Gasteiger partial charge in [-0.05, 0) is 63.5 Å². The summed E-state index contributed by atoms with van der Waals surface area (Å²) in [6, 6.07) is 0.754. The maximum absolute atomic E-state index is 12.4. The Morgan fingerprint density at radius 2 is 1.86 bits per heavy atom. The Morgan fingerprint density at radius 1 is 1.19 bits per heavy atom. The van der Waals surface area contributed by atoms with Gasteiger partial charge >= 0.3 is 0 Å². The Labute approximate surface area is 124 Å². The topological polar surface area (TPSA) is 71.8 Å². The van der Waals surface area contributed by atoms with Crippen molar-refractivity contribution in [2.24, 2.45) is 11.8 Å². The van der Waals surface area contributed by atoms with Gasteiger partial charge in [0.15, 0.2) is 5.69 Å². The zero-order chi connectivity index (χ0) is 14.2. The van der Waals surface area contributed by atoms with Crippen LogP contribution in [0.3, 0.4) is 0 Å². The average molecular weight is 289 g/mol. The normalized spacial score (nSPS) is 23.5. The van der Waals surface area contributed by atoms with Gasteiger partial charge in [0.05, 0.1) is 12.2 Å². The zero-order valence-electron chi connectivity index (χ0n) is 12.3. The maximum Gasteiger partial charge on any atom is 0.273 e. The molecule has 2 aliphatic carbocycles. The van der Waals surface area contributed by atoms with Crippen LogP contribution in [0.1, 0.15) is 55.1 Å². The highest BCUT2D eigenvalue weighted by Gasteiger charge is 2.42. The largest absolute Gasteiger partial charge is 0.347 e. The Bertz CT molecular complexity index is 502. The van der Waals surface area contributed by atoms with Crippen LogP contribution in [-0.2, 0) is 0 Å². The number of hydrogen-bond donors (Lipinski definition) is 2. The number of aromatic nitrogens is 3. The van der Waals surface area contributed by atoms with Crippen molar-refractivity contribution in [1.29, 1.82) is 0 Å². The minimum absolute atomic E-state index is 0.0426. The van der Waals surface area contributed by atoms with Gasteiger partial charge in [-0.25, -0.2) is 4.68 Å². The molecule has 6 nitrogen and oxygen atoms in total. The Morgan fingerprint density at radius 3 is 2.48 bits per heavy atom. The maximum atomic E-state index is 12.4. The lowest BCUT2D eigenvalue weighted by atomic mass is 10.1. The van der Waals surface area contributed by atoms with Crippen LogP contribution in [0.5, 0.6) is 0 Å². The van der Waals surface area contributed by atoms with Gasteiger partial charge in [-0.1, -0.05) is 5.21 Å². The SMILES string of the molecule is O=C(NC(C1CC1)C1CC1)c1cn(C2CCNCC2)nn1. The second-order valence-electron chi connectivity index (χ2n) is 6.74. The van der Waals surface area contributed by atoms with Crippen molar-refractivity contribution in [3.63, 3.8) is 0 Å². The summed E-state index contributed by atoms with van der Waals surface area (Å²) in [6.45, 7) is 2.02. The summed E-state index contributed by atoms with van der Waals surface area (Å²) in [7, 11) is 0. The standard InChI is InChI=1S/C15H23N5O/c21-15(17-14(10-1-2-10)11-3-4-11)13-9-20(19-18-13)12-5-7-16-8-6-12/h9-12,14,16H,1-8H2,(H,17,21). The van der Waals surface area contributed by atoms with E-state index in [1.54, 1.807) is 0 Å². The van der Waals surface area contributed by atoms with Gasteiger partial charge in [-0.3, -0.25) is 4.79 Å². The summed E-state index contributed by atoms with van der Waals surface area (Å²) in [4.78, 5) is 12.4. The smallest absolute Gasteiger partial charge is 0.273 e. The van der Waals surface area contributed by atoms with E-state index in [4.69, 9.17) is 0 Å². The van der Waals surface area contributed by atoms with E-state index in [1.165, 1.54) is 25.7 Å². The lowest BCUT2D eigenvalue weighted by molar-refractivity contribution is 0.0921. The second kappa shape index (κ2) is 5.40. The third kappa shape index (κ3) is 2.95. The number of piperidine rings is 1. The van der Waals surface area contributed by atoms with Gasteiger partial charge in [0.25, 0.3) is 5.91 Å². The van der Waals surface area contributed by atoms with E-state index in [9.17, 15) is 4.79 Å². The molecule has 3 fully saturated rings. The van der Waals surface area contributed by atoms with Crippen molar-refractivity contribution in [2.45, 2.75) is 50.6 Å². The fourth-order valence-electron chi connectivity index (χ4n) is 3.39. The molecular weight excluding hydrogens is 266 g/mol. The fourth-order valence-corrected chi connectivity index (χ4v) is 3.39. The molecule has 2 heterocycles. The molecule has 1 aromatic rings. The molecule has 0 spiro atoms. The summed E-state index contributed by atoms with van der Waals surface area (Å²) in [5.41, 5.74) is 0.472. The molecule has 0 radical (unpaired) electrons. The highest BCUT2D eigenvalue weighted by Crippen LogP contribution is 2.44. The molecule has 0 aromatic carbocycles. The zero-order valence-corrected chi connectivity index (χ0v) is 12.3. The van der Waals surface area contributed by atoms with E-state index in [2.05, 4.69) is 20.9 Å². The lowest BCUT2D eigenvalue weighted by Gasteiger charge is -2.22. The van der Waals surface area contributed by atoms with Crippen molar-refractivity contribution >= 4 is 5.91 Å². The predicted molar refractivity (Wildman–Crippen MR) is 77.9 cm³/mol. The highest BCUT2D eigenvalue weighted by atomic mass is 16.2. The summed E-state index contributed by atoms with van der Waals surface area (Å²) in [5, 5.41) is 14.8. The van der Waals surface area contributed by atoms with Crippen molar-refractivity contribution in [1.82, 2.24) is 25.6 Å². The molecule has 0 unspecified atom stereocenters. The van der Waals surface area contributed by atoms with E-state index >= 15 is 0 Å². The summed E-state index contributed by atoms with van der Waals surface area (Å²) in [6.07, 6.45) is 9.00. The first-order chi connectivity index (χ1) is 10.3. The number of hydrogen-bond acceptors (Lipinski definition) is 4. The van der Waals surface area contributed by atoms with Gasteiger partial charge in [-0.15, -0.1) is 5.10 Å². The summed E-state index contributed by atoms with van der Waals surface area (Å²) < 4.78 is 1.87. The molecule has 1 amide bonds. The molecule has 1 aliphatic heterocycles. The molecule has 1 saturated heterocycles. The number of nitrogens with one attached hydrogen (secondary N) is 2. The molecular formula is C15H23N5O. The Hall–Kier alpha value is -1.43. The van der Waals surface area contributed by atoms with Crippen molar-refractivity contribution in [2.75, 3.05) is 13.1 Å². The van der Waals surface area contributed by atoms with Gasteiger partial charge in [0.1, 0.15) is 0 Å². The van der Waals surface area contributed by atoms with Gasteiger partial charge < -0.3 is 10.6 Å². The molecule has 2 N–H and O–H groups in total. The number of carbonyl (C=O) groups excluding carboxylic acids is 1. The van der Waals surface area contributed by atoms with Gasteiger partial charge in [0, 0.05) is 6.04 Å². The van der Waals surface area contributed by atoms with Crippen molar-refractivity contribution in [3.8, 4) is 0 Å². The third-order valence-corrected chi connectivity index (χ3v) is 4.98. The van der Waals surface area contributed by atoms with Crippen LogP contribution in [0.2, 0.25) is 0 Å². The second-order valence-corrected chi connectivity index (χ2v) is 6.74. The summed E-state index contributed by atoms with van der Waals surface area (Å²) in [5.74, 6) is 1.38. The van der Waals surface area contributed by atoms with Crippen molar-refractivity contribution in [3.05, 3.63) is 11.9 Å². The third-order valence-electron chi connectivity index (χ3n) is 4.98. The molecule has 4 rings (SSSR count). The van der Waals surface area contributed by atoms with Gasteiger partial charge in [0.2, 0.25) is 0 Å². The average Bonchev–Trinajstić information content (AvgIpc) is 3.44. The van der Waals surface area contributed by atoms with Crippen LogP contribution < -0.4 is 10.6 Å². The summed E-state index contributed by atoms with van der Waals surface area (Å²) >= 11 is 0. The first kappa shape index (κ1) is 13.2. The lowest BCUT2D eigenvalue weighted by Crippen LogP contribution is -2.38. The first-order valence-electron chi connectivity index (χ1n) is 8.24. The Balaban J connectivity index is 1.40. The van der Waals surface area contributed by atoms with Crippen molar-refractivity contribution < 1.29 is 4.79 Å². The monoisotopic (exact) mass is 289 g/mol. The van der Waals surface area contributed by atoms with Crippen LogP contribution in [0, 0.1) is 11.8 Å². The predicted octanol–water partition coefficient (Wildman–Crippen LogP) is 1.12. The minimum atomic E-state index is -0.0426. The molecule has 1 aromatic heterocycles. The highest BCUT2D eigenvalue weighted by molar-refractivity contribution is 5.92. The minimum Gasteiger partial charge on any atom is -0.347 e. The van der Waals surface area contributed by atoms with E-state index in [1.807, 2.05) is 10.9 Å².